The Hall–Kier alpha value is -1.11. The summed E-state index contributed by atoms with van der Waals surface area (Å²) in [6.07, 6.45) is 10.7. The minimum Gasteiger partial charge on any atom is -0.300 e. The van der Waals surface area contributed by atoms with Gasteiger partial charge in [-0.3, -0.25) is 4.79 Å². The summed E-state index contributed by atoms with van der Waals surface area (Å²) in [5, 5.41) is 0. The molecule has 1 unspecified atom stereocenters. The van der Waals surface area contributed by atoms with Crippen LogP contribution >= 0.6 is 0 Å². The van der Waals surface area contributed by atoms with Gasteiger partial charge in [0.25, 0.3) is 0 Å². The SMILES string of the molecule is C=C/C=C(\C=C/C)CC(CCC)C(C)=O. The maximum atomic E-state index is 11.4. The standard InChI is InChI=1S/C14H22O/c1-5-8-13(9-6-2)11-14(10-7-3)12(4)15/h5-6,8-9,14H,1,7,10-11H2,2-4H3/b9-6-,13-8+. The van der Waals surface area contributed by atoms with Crippen molar-refractivity contribution in [1.82, 2.24) is 0 Å². The number of carbonyl (C=O) groups is 1. The summed E-state index contributed by atoms with van der Waals surface area (Å²) < 4.78 is 0. The molecule has 0 rings (SSSR count). The van der Waals surface area contributed by atoms with E-state index in [2.05, 4.69) is 13.5 Å². The van der Waals surface area contributed by atoms with Crippen molar-refractivity contribution in [1.29, 1.82) is 0 Å². The van der Waals surface area contributed by atoms with E-state index in [0.29, 0.717) is 0 Å². The van der Waals surface area contributed by atoms with Gasteiger partial charge in [0.15, 0.2) is 0 Å². The molecule has 84 valence electrons. The number of rotatable bonds is 7. The minimum atomic E-state index is 0.164. The molecule has 0 aliphatic carbocycles. The lowest BCUT2D eigenvalue weighted by Crippen LogP contribution is -2.11. The van der Waals surface area contributed by atoms with E-state index >= 15 is 0 Å². The molecule has 1 nitrogen and oxygen atoms in total. The Morgan fingerprint density at radius 2 is 2.13 bits per heavy atom. The Bertz CT molecular complexity index is 259. The molecule has 0 saturated heterocycles. The average molecular weight is 206 g/mol. The van der Waals surface area contributed by atoms with E-state index in [-0.39, 0.29) is 11.7 Å². The zero-order valence-corrected chi connectivity index (χ0v) is 10.1. The Kier molecular flexibility index (Phi) is 7.61. The number of ketones is 1. The summed E-state index contributed by atoms with van der Waals surface area (Å²) in [6, 6.07) is 0. The third-order valence-electron chi connectivity index (χ3n) is 2.41. The fraction of sp³-hybridized carbons (Fsp3) is 0.500. The highest BCUT2D eigenvalue weighted by molar-refractivity contribution is 5.78. The molecule has 0 radical (unpaired) electrons. The Labute approximate surface area is 93.6 Å². The molecule has 0 spiro atoms. The molecule has 0 bridgehead atoms. The van der Waals surface area contributed by atoms with E-state index < -0.39 is 0 Å². The molecule has 0 aromatic carbocycles. The van der Waals surface area contributed by atoms with Gasteiger partial charge in [-0.2, -0.15) is 0 Å². The number of carbonyl (C=O) groups excluding carboxylic acids is 1. The molecule has 0 aliphatic heterocycles. The van der Waals surface area contributed by atoms with Crippen molar-refractivity contribution in [2.24, 2.45) is 5.92 Å². The van der Waals surface area contributed by atoms with Crippen molar-refractivity contribution in [2.75, 3.05) is 0 Å². The van der Waals surface area contributed by atoms with Crippen LogP contribution in [-0.4, -0.2) is 5.78 Å². The average Bonchev–Trinajstić information content (AvgIpc) is 2.17. The van der Waals surface area contributed by atoms with Crippen molar-refractivity contribution in [2.45, 2.75) is 40.0 Å². The van der Waals surface area contributed by atoms with E-state index in [1.807, 2.05) is 25.2 Å². The van der Waals surface area contributed by atoms with Gasteiger partial charge in [-0.1, -0.05) is 44.2 Å². The molecule has 1 atom stereocenters. The van der Waals surface area contributed by atoms with Crippen LogP contribution in [0.4, 0.5) is 0 Å². The van der Waals surface area contributed by atoms with Gasteiger partial charge in [-0.15, -0.1) is 0 Å². The lowest BCUT2D eigenvalue weighted by atomic mass is 9.91. The molecule has 15 heavy (non-hydrogen) atoms. The van der Waals surface area contributed by atoms with Crippen LogP contribution in [0.25, 0.3) is 0 Å². The van der Waals surface area contributed by atoms with Gasteiger partial charge in [0.1, 0.15) is 5.78 Å². The van der Waals surface area contributed by atoms with E-state index in [9.17, 15) is 4.79 Å². The van der Waals surface area contributed by atoms with Gasteiger partial charge < -0.3 is 0 Å². The number of allylic oxidation sites excluding steroid dienone is 5. The number of Topliss-reactive ketones (excluding diaryl/α,β-unsaturated/α-hetero) is 1. The molecule has 0 saturated carbocycles. The van der Waals surface area contributed by atoms with Crippen LogP contribution in [0.2, 0.25) is 0 Å². The summed E-state index contributed by atoms with van der Waals surface area (Å²) in [4.78, 5) is 11.4. The quantitative estimate of drug-likeness (QED) is 0.574. The summed E-state index contributed by atoms with van der Waals surface area (Å²) in [7, 11) is 0. The first-order valence-electron chi connectivity index (χ1n) is 5.60. The summed E-state index contributed by atoms with van der Waals surface area (Å²) >= 11 is 0. The van der Waals surface area contributed by atoms with Gasteiger partial charge in [-0.05, 0) is 32.3 Å². The zero-order valence-electron chi connectivity index (χ0n) is 10.1. The van der Waals surface area contributed by atoms with Gasteiger partial charge in [0, 0.05) is 5.92 Å². The lowest BCUT2D eigenvalue weighted by molar-refractivity contribution is -0.120. The Morgan fingerprint density at radius 1 is 1.47 bits per heavy atom. The minimum absolute atomic E-state index is 0.164. The Balaban J connectivity index is 4.53. The van der Waals surface area contributed by atoms with Crippen molar-refractivity contribution < 1.29 is 4.79 Å². The second-order valence-corrected chi connectivity index (χ2v) is 3.78. The van der Waals surface area contributed by atoms with E-state index in [4.69, 9.17) is 0 Å². The van der Waals surface area contributed by atoms with Crippen LogP contribution < -0.4 is 0 Å². The van der Waals surface area contributed by atoms with E-state index in [0.717, 1.165) is 19.3 Å². The second kappa shape index (κ2) is 8.22. The molecule has 1 heteroatoms. The molecule has 0 heterocycles. The molecule has 0 amide bonds. The van der Waals surface area contributed by atoms with Crippen LogP contribution in [0.15, 0.2) is 36.5 Å². The van der Waals surface area contributed by atoms with Crippen molar-refractivity contribution in [3.05, 3.63) is 36.5 Å². The highest BCUT2D eigenvalue weighted by atomic mass is 16.1. The number of hydrogen-bond donors (Lipinski definition) is 0. The van der Waals surface area contributed by atoms with Crippen molar-refractivity contribution in [3.8, 4) is 0 Å². The first-order valence-corrected chi connectivity index (χ1v) is 5.60. The second-order valence-electron chi connectivity index (χ2n) is 3.78. The lowest BCUT2D eigenvalue weighted by Gasteiger charge is -2.12. The molecule has 0 fully saturated rings. The van der Waals surface area contributed by atoms with Gasteiger partial charge >= 0.3 is 0 Å². The van der Waals surface area contributed by atoms with Crippen LogP contribution in [0.3, 0.4) is 0 Å². The maximum Gasteiger partial charge on any atom is 0.133 e. The predicted octanol–water partition coefficient (Wildman–Crippen LogP) is 4.07. The third-order valence-corrected chi connectivity index (χ3v) is 2.41. The fourth-order valence-electron chi connectivity index (χ4n) is 1.64. The van der Waals surface area contributed by atoms with Gasteiger partial charge in [-0.25, -0.2) is 0 Å². The Morgan fingerprint density at radius 3 is 2.53 bits per heavy atom. The van der Waals surface area contributed by atoms with Crippen LogP contribution in [-0.2, 0) is 4.79 Å². The molecule has 0 aromatic rings. The largest absolute Gasteiger partial charge is 0.300 e. The monoisotopic (exact) mass is 206 g/mol. The smallest absolute Gasteiger partial charge is 0.133 e. The highest BCUT2D eigenvalue weighted by Crippen LogP contribution is 2.19. The molecule has 0 aliphatic rings. The summed E-state index contributed by atoms with van der Waals surface area (Å²) in [5.41, 5.74) is 1.18. The fourth-order valence-corrected chi connectivity index (χ4v) is 1.64. The van der Waals surface area contributed by atoms with Gasteiger partial charge in [0.2, 0.25) is 0 Å². The van der Waals surface area contributed by atoms with Crippen molar-refractivity contribution in [3.63, 3.8) is 0 Å². The van der Waals surface area contributed by atoms with Crippen LogP contribution in [0.1, 0.15) is 40.0 Å². The normalized spacial score (nSPS) is 14.2. The molecule has 0 N–H and O–H groups in total. The molecular weight excluding hydrogens is 184 g/mol. The predicted molar refractivity (Wildman–Crippen MR) is 66.8 cm³/mol. The topological polar surface area (TPSA) is 17.1 Å². The molecule has 0 aromatic heterocycles. The van der Waals surface area contributed by atoms with Crippen LogP contribution in [0.5, 0.6) is 0 Å². The summed E-state index contributed by atoms with van der Waals surface area (Å²) in [5.74, 6) is 0.453. The van der Waals surface area contributed by atoms with Gasteiger partial charge in [0.05, 0.1) is 0 Å². The zero-order chi connectivity index (χ0) is 11.7. The van der Waals surface area contributed by atoms with Crippen LogP contribution in [0, 0.1) is 5.92 Å². The first-order chi connectivity index (χ1) is 7.15. The molecular formula is C14H22O. The first kappa shape index (κ1) is 13.9. The van der Waals surface area contributed by atoms with E-state index in [1.165, 1.54) is 5.57 Å². The number of hydrogen-bond acceptors (Lipinski definition) is 1. The third kappa shape index (κ3) is 6.05. The highest BCUT2D eigenvalue weighted by Gasteiger charge is 2.13. The van der Waals surface area contributed by atoms with Crippen molar-refractivity contribution >= 4 is 5.78 Å². The summed E-state index contributed by atoms with van der Waals surface area (Å²) in [6.45, 7) is 9.47. The van der Waals surface area contributed by atoms with E-state index in [1.54, 1.807) is 13.0 Å². The maximum absolute atomic E-state index is 11.4.